The molecule has 2 unspecified atom stereocenters. The Morgan fingerprint density at radius 1 is 1.53 bits per heavy atom. The topological polar surface area (TPSA) is 55.4 Å². The third kappa shape index (κ3) is 4.95. The van der Waals surface area contributed by atoms with Crippen LogP contribution in [0.5, 0.6) is 0 Å². The van der Waals surface area contributed by atoms with Crippen LogP contribution in [0.15, 0.2) is 0 Å². The normalized spacial score (nSPS) is 27.5. The summed E-state index contributed by atoms with van der Waals surface area (Å²) in [5, 5.41) is 3.30. The molecule has 90 valence electrons. The number of methoxy groups -OCH3 is 1. The van der Waals surface area contributed by atoms with Gasteiger partial charge in [0.1, 0.15) is 0 Å². The zero-order valence-electron chi connectivity index (χ0n) is 9.53. The molecule has 0 amide bonds. The van der Waals surface area contributed by atoms with Gasteiger partial charge < -0.3 is 10.1 Å². The Morgan fingerprint density at radius 2 is 2.27 bits per heavy atom. The summed E-state index contributed by atoms with van der Waals surface area (Å²) in [6, 6.07) is 0.142. The maximum absolute atomic E-state index is 11.4. The highest BCUT2D eigenvalue weighted by molar-refractivity contribution is 7.91. The Kier molecular flexibility index (Phi) is 5.02. The second-order valence-electron chi connectivity index (χ2n) is 4.42. The minimum Gasteiger partial charge on any atom is -0.384 e. The molecule has 0 aliphatic carbocycles. The number of nitrogens with one attached hydrogen (secondary N) is 1. The molecule has 5 heteroatoms. The lowest BCUT2D eigenvalue weighted by molar-refractivity contribution is 0.157. The first-order chi connectivity index (χ1) is 7.03. The van der Waals surface area contributed by atoms with Gasteiger partial charge in [0.15, 0.2) is 9.84 Å². The highest BCUT2D eigenvalue weighted by Crippen LogP contribution is 2.12. The van der Waals surface area contributed by atoms with E-state index in [-0.39, 0.29) is 6.04 Å². The van der Waals surface area contributed by atoms with Gasteiger partial charge >= 0.3 is 0 Å². The molecule has 1 N–H and O–H groups in total. The fourth-order valence-electron chi connectivity index (χ4n) is 1.90. The fraction of sp³-hybridized carbons (Fsp3) is 1.00. The van der Waals surface area contributed by atoms with Crippen LogP contribution in [-0.2, 0) is 14.6 Å². The Labute approximate surface area is 92.3 Å². The van der Waals surface area contributed by atoms with E-state index in [0.29, 0.717) is 24.0 Å². The minimum absolute atomic E-state index is 0.142. The monoisotopic (exact) mass is 235 g/mol. The molecule has 0 aromatic heterocycles. The molecule has 4 nitrogen and oxygen atoms in total. The van der Waals surface area contributed by atoms with Crippen LogP contribution in [0.1, 0.15) is 19.8 Å². The van der Waals surface area contributed by atoms with Crippen molar-refractivity contribution in [2.45, 2.75) is 25.8 Å². The van der Waals surface area contributed by atoms with Gasteiger partial charge in [-0.3, -0.25) is 0 Å². The van der Waals surface area contributed by atoms with E-state index in [1.165, 1.54) is 0 Å². The van der Waals surface area contributed by atoms with Crippen molar-refractivity contribution in [1.29, 1.82) is 0 Å². The van der Waals surface area contributed by atoms with Gasteiger partial charge in [0.25, 0.3) is 0 Å². The Balaban J connectivity index is 2.27. The van der Waals surface area contributed by atoms with E-state index in [1.54, 1.807) is 7.11 Å². The maximum atomic E-state index is 11.4. The molecular formula is C10H21NO3S. The van der Waals surface area contributed by atoms with Crippen LogP contribution in [0.4, 0.5) is 0 Å². The summed E-state index contributed by atoms with van der Waals surface area (Å²) in [4.78, 5) is 0. The SMILES string of the molecule is COCC(C)CNC1CCCS(=O)(=O)C1. The molecule has 0 spiro atoms. The van der Waals surface area contributed by atoms with Gasteiger partial charge in [0, 0.05) is 26.3 Å². The first kappa shape index (κ1) is 12.9. The molecule has 0 aromatic rings. The molecule has 0 saturated carbocycles. The molecule has 1 fully saturated rings. The molecule has 1 saturated heterocycles. The van der Waals surface area contributed by atoms with Crippen molar-refractivity contribution >= 4 is 9.84 Å². The van der Waals surface area contributed by atoms with Gasteiger partial charge in [-0.15, -0.1) is 0 Å². The fourth-order valence-corrected chi connectivity index (χ4v) is 3.57. The summed E-state index contributed by atoms with van der Waals surface area (Å²) < 4.78 is 27.8. The molecule has 2 atom stereocenters. The number of sulfone groups is 1. The first-order valence-corrected chi connectivity index (χ1v) is 7.28. The standard InChI is InChI=1S/C10H21NO3S/c1-9(7-14-2)6-11-10-4-3-5-15(12,13)8-10/h9-11H,3-8H2,1-2H3. The zero-order valence-corrected chi connectivity index (χ0v) is 10.3. The smallest absolute Gasteiger partial charge is 0.151 e. The average molecular weight is 235 g/mol. The minimum atomic E-state index is -2.79. The van der Waals surface area contributed by atoms with Crippen molar-refractivity contribution in [2.24, 2.45) is 5.92 Å². The van der Waals surface area contributed by atoms with Crippen molar-refractivity contribution in [2.75, 3.05) is 31.8 Å². The van der Waals surface area contributed by atoms with Crippen molar-refractivity contribution in [3.05, 3.63) is 0 Å². The van der Waals surface area contributed by atoms with Gasteiger partial charge in [-0.25, -0.2) is 8.42 Å². The Morgan fingerprint density at radius 3 is 2.87 bits per heavy atom. The van der Waals surface area contributed by atoms with Gasteiger partial charge in [0.05, 0.1) is 11.5 Å². The zero-order chi connectivity index (χ0) is 11.3. The number of rotatable bonds is 5. The third-order valence-electron chi connectivity index (χ3n) is 2.67. The van der Waals surface area contributed by atoms with E-state index < -0.39 is 9.84 Å². The molecule has 0 radical (unpaired) electrons. The lowest BCUT2D eigenvalue weighted by Gasteiger charge is -2.24. The highest BCUT2D eigenvalue weighted by atomic mass is 32.2. The molecule has 1 aliphatic rings. The summed E-state index contributed by atoms with van der Waals surface area (Å²) in [5.41, 5.74) is 0. The Hall–Kier alpha value is -0.130. The van der Waals surface area contributed by atoms with E-state index in [4.69, 9.17) is 4.74 Å². The summed E-state index contributed by atoms with van der Waals surface area (Å²) in [6.07, 6.45) is 1.76. The first-order valence-electron chi connectivity index (χ1n) is 5.46. The number of hydrogen-bond acceptors (Lipinski definition) is 4. The van der Waals surface area contributed by atoms with Gasteiger partial charge in [0.2, 0.25) is 0 Å². The molecule has 1 aliphatic heterocycles. The predicted octanol–water partition coefficient (Wildman–Crippen LogP) is 0.436. The maximum Gasteiger partial charge on any atom is 0.151 e. The summed E-state index contributed by atoms with van der Waals surface area (Å²) in [7, 11) is -1.10. The molecule has 0 aromatic carbocycles. The molecule has 1 rings (SSSR count). The lowest BCUT2D eigenvalue weighted by atomic mass is 10.1. The average Bonchev–Trinajstić information content (AvgIpc) is 2.14. The molecule has 1 heterocycles. The van der Waals surface area contributed by atoms with Crippen LogP contribution in [0.2, 0.25) is 0 Å². The van der Waals surface area contributed by atoms with Crippen LogP contribution in [0, 0.1) is 5.92 Å². The van der Waals surface area contributed by atoms with Crippen molar-refractivity contribution in [3.63, 3.8) is 0 Å². The lowest BCUT2D eigenvalue weighted by Crippen LogP contribution is -2.42. The summed E-state index contributed by atoms with van der Waals surface area (Å²) >= 11 is 0. The molecule has 15 heavy (non-hydrogen) atoms. The van der Waals surface area contributed by atoms with Crippen molar-refractivity contribution < 1.29 is 13.2 Å². The van der Waals surface area contributed by atoms with Crippen LogP contribution in [0.3, 0.4) is 0 Å². The summed E-state index contributed by atoms with van der Waals surface area (Å²) in [5.74, 6) is 1.09. The van der Waals surface area contributed by atoms with Crippen molar-refractivity contribution in [1.82, 2.24) is 5.32 Å². The van der Waals surface area contributed by atoms with Crippen LogP contribution >= 0.6 is 0 Å². The van der Waals surface area contributed by atoms with Gasteiger partial charge in [-0.2, -0.15) is 0 Å². The molecular weight excluding hydrogens is 214 g/mol. The quantitative estimate of drug-likeness (QED) is 0.751. The van der Waals surface area contributed by atoms with Gasteiger partial charge in [-0.1, -0.05) is 6.92 Å². The van der Waals surface area contributed by atoms with Crippen LogP contribution < -0.4 is 5.32 Å². The Bertz CT molecular complexity index is 276. The second kappa shape index (κ2) is 5.82. The largest absolute Gasteiger partial charge is 0.384 e. The van der Waals surface area contributed by atoms with E-state index in [1.807, 2.05) is 0 Å². The van der Waals surface area contributed by atoms with Crippen LogP contribution in [0.25, 0.3) is 0 Å². The number of hydrogen-bond donors (Lipinski definition) is 1. The highest BCUT2D eigenvalue weighted by Gasteiger charge is 2.24. The van der Waals surface area contributed by atoms with E-state index >= 15 is 0 Å². The third-order valence-corrected chi connectivity index (χ3v) is 4.49. The number of ether oxygens (including phenoxy) is 1. The van der Waals surface area contributed by atoms with E-state index in [9.17, 15) is 8.42 Å². The van der Waals surface area contributed by atoms with Crippen molar-refractivity contribution in [3.8, 4) is 0 Å². The second-order valence-corrected chi connectivity index (χ2v) is 6.65. The van der Waals surface area contributed by atoms with E-state index in [0.717, 1.165) is 19.4 Å². The summed E-state index contributed by atoms with van der Waals surface area (Å²) in [6.45, 7) is 3.63. The molecule has 0 bridgehead atoms. The van der Waals surface area contributed by atoms with Crippen LogP contribution in [-0.4, -0.2) is 46.2 Å². The van der Waals surface area contributed by atoms with Gasteiger partial charge in [-0.05, 0) is 18.8 Å². The predicted molar refractivity (Wildman–Crippen MR) is 60.7 cm³/mol. The van der Waals surface area contributed by atoms with E-state index in [2.05, 4.69) is 12.2 Å².